The molecule has 2 rings (SSSR count). The molecular weight excluding hydrogens is 456 g/mol. The van der Waals surface area contributed by atoms with Crippen LogP contribution < -0.4 is 14.2 Å². The molecule has 0 saturated carbocycles. The van der Waals surface area contributed by atoms with Crippen LogP contribution in [0.4, 0.5) is 0 Å². The molecule has 194 valence electrons. The third-order valence-electron chi connectivity index (χ3n) is 5.08. The van der Waals surface area contributed by atoms with Crippen molar-refractivity contribution in [2.75, 3.05) is 20.0 Å². The Bertz CT molecular complexity index is 1040. The van der Waals surface area contributed by atoms with Crippen molar-refractivity contribution in [3.63, 3.8) is 0 Å². The van der Waals surface area contributed by atoms with Gasteiger partial charge in [-0.15, -0.1) is 6.58 Å². The number of rotatable bonds is 14. The standard InChI is InChI=1S/C30H38O6/c1-7-10-23-13-18-27(33-19-8-2)25(28(23)34-20-9-3)16-17-26(31)22-11-14-24(15-12-22)35-21-36-29(32)30(4,5)6/h7,11-18H,1,8-10,19-21H2,2-6H3. The van der Waals surface area contributed by atoms with Crippen LogP contribution in [0.1, 0.15) is 68.9 Å². The summed E-state index contributed by atoms with van der Waals surface area (Å²) in [6.45, 7) is 14.2. The number of carbonyl (C=O) groups excluding carboxylic acids is 2. The first-order valence-electron chi connectivity index (χ1n) is 12.4. The third kappa shape index (κ3) is 8.59. The van der Waals surface area contributed by atoms with Crippen LogP contribution in [0.25, 0.3) is 6.08 Å². The number of hydrogen-bond donors (Lipinski definition) is 0. The normalized spacial score (nSPS) is 11.2. The average Bonchev–Trinajstić information content (AvgIpc) is 2.85. The Kier molecular flexibility index (Phi) is 11.3. The minimum atomic E-state index is -0.597. The average molecular weight is 495 g/mol. The van der Waals surface area contributed by atoms with E-state index >= 15 is 0 Å². The molecule has 0 aliphatic heterocycles. The van der Waals surface area contributed by atoms with E-state index in [1.807, 2.05) is 32.1 Å². The molecule has 2 aromatic rings. The number of ether oxygens (including phenoxy) is 4. The summed E-state index contributed by atoms with van der Waals surface area (Å²) in [4.78, 5) is 24.7. The van der Waals surface area contributed by atoms with E-state index in [2.05, 4.69) is 6.58 Å². The first-order valence-corrected chi connectivity index (χ1v) is 12.4. The molecule has 2 aromatic carbocycles. The Morgan fingerprint density at radius 3 is 2.19 bits per heavy atom. The monoisotopic (exact) mass is 494 g/mol. The molecule has 0 aliphatic carbocycles. The first-order chi connectivity index (χ1) is 17.2. The van der Waals surface area contributed by atoms with Crippen LogP contribution in [-0.2, 0) is 16.0 Å². The summed E-state index contributed by atoms with van der Waals surface area (Å²) in [5.74, 6) is 1.37. The summed E-state index contributed by atoms with van der Waals surface area (Å²) >= 11 is 0. The molecule has 6 nitrogen and oxygen atoms in total. The lowest BCUT2D eigenvalue weighted by atomic mass is 9.98. The van der Waals surface area contributed by atoms with Crippen molar-refractivity contribution in [2.24, 2.45) is 5.41 Å². The predicted molar refractivity (Wildman–Crippen MR) is 143 cm³/mol. The van der Waals surface area contributed by atoms with E-state index in [0.717, 1.165) is 24.0 Å². The summed E-state index contributed by atoms with van der Waals surface area (Å²) in [5, 5.41) is 0. The maximum atomic E-state index is 12.9. The van der Waals surface area contributed by atoms with Gasteiger partial charge in [-0.3, -0.25) is 9.59 Å². The van der Waals surface area contributed by atoms with Crippen LogP contribution in [0, 0.1) is 5.41 Å². The van der Waals surface area contributed by atoms with Crippen molar-refractivity contribution >= 4 is 17.8 Å². The van der Waals surface area contributed by atoms with Gasteiger partial charge in [-0.25, -0.2) is 0 Å². The Labute approximate surface area is 214 Å². The first kappa shape index (κ1) is 28.7. The third-order valence-corrected chi connectivity index (χ3v) is 5.08. The molecule has 0 N–H and O–H groups in total. The topological polar surface area (TPSA) is 71.1 Å². The van der Waals surface area contributed by atoms with Crippen molar-refractivity contribution in [1.82, 2.24) is 0 Å². The number of ketones is 1. The van der Waals surface area contributed by atoms with E-state index in [4.69, 9.17) is 18.9 Å². The molecule has 0 bridgehead atoms. The van der Waals surface area contributed by atoms with Gasteiger partial charge in [0.25, 0.3) is 0 Å². The Hall–Kier alpha value is -3.54. The van der Waals surface area contributed by atoms with Gasteiger partial charge in [0, 0.05) is 5.56 Å². The molecule has 0 radical (unpaired) electrons. The van der Waals surface area contributed by atoms with Crippen molar-refractivity contribution < 1.29 is 28.5 Å². The number of benzene rings is 2. The maximum absolute atomic E-state index is 12.9. The van der Waals surface area contributed by atoms with Crippen LogP contribution in [-0.4, -0.2) is 31.8 Å². The summed E-state index contributed by atoms with van der Waals surface area (Å²) in [5.41, 5.74) is 1.63. The Morgan fingerprint density at radius 1 is 0.917 bits per heavy atom. The molecule has 0 amide bonds. The molecule has 0 atom stereocenters. The second-order valence-electron chi connectivity index (χ2n) is 9.32. The van der Waals surface area contributed by atoms with E-state index in [0.29, 0.717) is 42.4 Å². The minimum absolute atomic E-state index is 0.169. The Morgan fingerprint density at radius 2 is 1.58 bits per heavy atom. The molecule has 0 heterocycles. The molecule has 0 aliphatic rings. The summed E-state index contributed by atoms with van der Waals surface area (Å²) in [6.07, 6.45) is 7.47. The molecule has 0 saturated heterocycles. The van der Waals surface area contributed by atoms with Gasteiger partial charge in [-0.1, -0.05) is 26.0 Å². The van der Waals surface area contributed by atoms with Crippen molar-refractivity contribution in [1.29, 1.82) is 0 Å². The molecule has 0 aromatic heterocycles. The molecule has 0 fully saturated rings. The van der Waals surface area contributed by atoms with Gasteiger partial charge in [-0.05, 0) is 88.1 Å². The van der Waals surface area contributed by atoms with E-state index in [1.165, 1.54) is 6.08 Å². The Balaban J connectivity index is 2.20. The van der Waals surface area contributed by atoms with Crippen LogP contribution in [0.2, 0.25) is 0 Å². The van der Waals surface area contributed by atoms with Gasteiger partial charge in [0.05, 0.1) is 24.2 Å². The highest BCUT2D eigenvalue weighted by atomic mass is 16.7. The second-order valence-corrected chi connectivity index (χ2v) is 9.32. The second kappa shape index (κ2) is 14.1. The lowest BCUT2D eigenvalue weighted by molar-refractivity contribution is -0.159. The highest BCUT2D eigenvalue weighted by Crippen LogP contribution is 2.35. The molecule has 0 spiro atoms. The predicted octanol–water partition coefficient (Wildman–Crippen LogP) is 6.81. The van der Waals surface area contributed by atoms with Gasteiger partial charge in [0.2, 0.25) is 6.79 Å². The van der Waals surface area contributed by atoms with E-state index in [1.54, 1.807) is 51.1 Å². The van der Waals surface area contributed by atoms with Gasteiger partial charge in [-0.2, -0.15) is 0 Å². The number of allylic oxidation sites excluding steroid dienone is 2. The SMILES string of the molecule is C=CCc1ccc(OCCC)c(C=CC(=O)c2ccc(OCOC(=O)C(C)(C)C)cc2)c1OCCC. The number of carbonyl (C=O) groups is 2. The fourth-order valence-electron chi connectivity index (χ4n) is 3.15. The fourth-order valence-corrected chi connectivity index (χ4v) is 3.15. The molecular formula is C30H38O6. The zero-order valence-electron chi connectivity index (χ0n) is 22.1. The lowest BCUT2D eigenvalue weighted by Crippen LogP contribution is -2.24. The maximum Gasteiger partial charge on any atom is 0.314 e. The van der Waals surface area contributed by atoms with Crippen molar-refractivity contribution in [2.45, 2.75) is 53.9 Å². The van der Waals surface area contributed by atoms with Gasteiger partial charge in [0.1, 0.15) is 17.2 Å². The quantitative estimate of drug-likeness (QED) is 0.0944. The van der Waals surface area contributed by atoms with Crippen molar-refractivity contribution in [3.05, 3.63) is 71.8 Å². The van der Waals surface area contributed by atoms with Crippen LogP contribution in [0.5, 0.6) is 17.2 Å². The van der Waals surface area contributed by atoms with Gasteiger partial charge < -0.3 is 18.9 Å². The van der Waals surface area contributed by atoms with Gasteiger partial charge in [0.15, 0.2) is 5.78 Å². The molecule has 6 heteroatoms. The van der Waals surface area contributed by atoms with E-state index in [-0.39, 0.29) is 18.5 Å². The smallest absolute Gasteiger partial charge is 0.314 e. The highest BCUT2D eigenvalue weighted by Gasteiger charge is 2.23. The van der Waals surface area contributed by atoms with E-state index < -0.39 is 5.41 Å². The van der Waals surface area contributed by atoms with Gasteiger partial charge >= 0.3 is 5.97 Å². The lowest BCUT2D eigenvalue weighted by Gasteiger charge is -2.17. The minimum Gasteiger partial charge on any atom is -0.493 e. The zero-order chi connectivity index (χ0) is 26.6. The fraction of sp³-hybridized carbons (Fsp3) is 0.400. The summed E-state index contributed by atoms with van der Waals surface area (Å²) in [6, 6.07) is 10.6. The summed E-state index contributed by atoms with van der Waals surface area (Å²) < 4.78 is 22.6. The van der Waals surface area contributed by atoms with E-state index in [9.17, 15) is 9.59 Å². The van der Waals surface area contributed by atoms with Crippen LogP contribution in [0.3, 0.4) is 0 Å². The molecule has 0 unspecified atom stereocenters. The van der Waals surface area contributed by atoms with Crippen molar-refractivity contribution in [3.8, 4) is 17.2 Å². The number of hydrogen-bond acceptors (Lipinski definition) is 6. The largest absolute Gasteiger partial charge is 0.493 e. The summed E-state index contributed by atoms with van der Waals surface area (Å²) in [7, 11) is 0. The highest BCUT2D eigenvalue weighted by molar-refractivity contribution is 6.07. The zero-order valence-corrected chi connectivity index (χ0v) is 22.1. The van der Waals surface area contributed by atoms with Crippen LogP contribution in [0.15, 0.2) is 55.1 Å². The number of esters is 1. The molecule has 36 heavy (non-hydrogen) atoms. The van der Waals surface area contributed by atoms with Crippen LogP contribution >= 0.6 is 0 Å².